The Morgan fingerprint density at radius 3 is 2.56 bits per heavy atom. The van der Waals surface area contributed by atoms with Crippen molar-refractivity contribution in [3.63, 3.8) is 0 Å². The van der Waals surface area contributed by atoms with E-state index in [1.165, 1.54) is 6.42 Å². The molecule has 0 saturated heterocycles. The molecule has 1 aliphatic carbocycles. The third kappa shape index (κ3) is 4.92. The first-order valence-electron chi connectivity index (χ1n) is 6.38. The maximum atomic E-state index is 11.6. The van der Waals surface area contributed by atoms with Crippen LogP contribution in [0.1, 0.15) is 46.5 Å². The molecule has 5 heteroatoms. The molecular formula is C13H22N2O3. The van der Waals surface area contributed by atoms with Gasteiger partial charge in [0.2, 0.25) is 0 Å². The van der Waals surface area contributed by atoms with Crippen molar-refractivity contribution in [2.24, 2.45) is 5.92 Å². The van der Waals surface area contributed by atoms with Crippen molar-refractivity contribution >= 4 is 6.09 Å². The number of carbonyl (C=O) groups excluding carboxylic acids is 1. The van der Waals surface area contributed by atoms with E-state index < -0.39 is 23.8 Å². The van der Waals surface area contributed by atoms with E-state index in [0.717, 1.165) is 12.8 Å². The summed E-state index contributed by atoms with van der Waals surface area (Å²) in [6.07, 6.45) is 1.33. The first-order chi connectivity index (χ1) is 8.31. The van der Waals surface area contributed by atoms with Gasteiger partial charge in [-0.15, -0.1) is 0 Å². The summed E-state index contributed by atoms with van der Waals surface area (Å²) in [6, 6.07) is 1.74. The van der Waals surface area contributed by atoms with Gasteiger partial charge in [-0.05, 0) is 33.1 Å². The fraction of sp³-hybridized carbons (Fsp3) is 0.846. The molecule has 0 spiro atoms. The highest BCUT2D eigenvalue weighted by atomic mass is 16.6. The molecule has 0 aromatic rings. The van der Waals surface area contributed by atoms with Gasteiger partial charge in [0.25, 0.3) is 0 Å². The molecule has 1 fully saturated rings. The molecule has 1 aliphatic rings. The largest absolute Gasteiger partial charge is 0.442 e. The number of rotatable bonds is 4. The summed E-state index contributed by atoms with van der Waals surface area (Å²) in [6.45, 7) is 5.53. The first-order valence-corrected chi connectivity index (χ1v) is 6.38. The molecule has 1 amide bonds. The van der Waals surface area contributed by atoms with Gasteiger partial charge in [-0.25, -0.2) is 4.79 Å². The van der Waals surface area contributed by atoms with Gasteiger partial charge in [-0.1, -0.05) is 19.3 Å². The average molecular weight is 254 g/mol. The third-order valence-electron chi connectivity index (χ3n) is 3.01. The van der Waals surface area contributed by atoms with Crippen molar-refractivity contribution in [1.82, 2.24) is 5.32 Å². The fourth-order valence-electron chi connectivity index (χ4n) is 1.85. The monoisotopic (exact) mass is 254 g/mol. The van der Waals surface area contributed by atoms with Crippen LogP contribution in [0.3, 0.4) is 0 Å². The lowest BCUT2D eigenvalue weighted by Crippen LogP contribution is -2.44. The minimum Gasteiger partial charge on any atom is -0.442 e. The van der Waals surface area contributed by atoms with E-state index in [1.54, 1.807) is 6.07 Å². The molecule has 2 unspecified atom stereocenters. The van der Waals surface area contributed by atoms with Crippen molar-refractivity contribution < 1.29 is 14.6 Å². The Bertz CT molecular complexity index is 326. The summed E-state index contributed by atoms with van der Waals surface area (Å²) < 4.78 is 5.16. The van der Waals surface area contributed by atoms with Gasteiger partial charge >= 0.3 is 6.09 Å². The third-order valence-corrected chi connectivity index (χ3v) is 3.01. The zero-order valence-electron chi connectivity index (χ0n) is 11.3. The van der Waals surface area contributed by atoms with Gasteiger partial charge in [0.05, 0.1) is 6.07 Å². The lowest BCUT2D eigenvalue weighted by molar-refractivity contribution is 0.00514. The van der Waals surface area contributed by atoms with E-state index in [-0.39, 0.29) is 0 Å². The highest BCUT2D eigenvalue weighted by Gasteiger charge is 2.30. The second-order valence-corrected chi connectivity index (χ2v) is 5.93. The molecule has 0 bridgehead atoms. The van der Waals surface area contributed by atoms with E-state index >= 15 is 0 Å². The van der Waals surface area contributed by atoms with E-state index in [1.807, 2.05) is 20.8 Å². The second-order valence-electron chi connectivity index (χ2n) is 5.93. The van der Waals surface area contributed by atoms with E-state index in [9.17, 15) is 9.90 Å². The molecule has 2 N–H and O–H groups in total. The SMILES string of the molecule is CC(C)(C)NC(=O)OC(CC1CCC1)C(O)C#N. The number of aliphatic hydroxyl groups excluding tert-OH is 1. The fourth-order valence-corrected chi connectivity index (χ4v) is 1.85. The molecular weight excluding hydrogens is 232 g/mol. The maximum absolute atomic E-state index is 11.6. The highest BCUT2D eigenvalue weighted by Crippen LogP contribution is 2.31. The number of aliphatic hydroxyl groups is 1. The number of nitrogens with zero attached hydrogens (tertiary/aromatic N) is 1. The summed E-state index contributed by atoms with van der Waals surface area (Å²) in [5.41, 5.74) is -0.393. The molecule has 5 nitrogen and oxygen atoms in total. The Morgan fingerprint density at radius 1 is 1.56 bits per heavy atom. The number of hydrogen-bond acceptors (Lipinski definition) is 4. The predicted octanol–water partition coefficient (Wildman–Crippen LogP) is 1.95. The van der Waals surface area contributed by atoms with Crippen LogP contribution in [-0.4, -0.2) is 28.9 Å². The Morgan fingerprint density at radius 2 is 2.17 bits per heavy atom. The van der Waals surface area contributed by atoms with Crippen molar-refractivity contribution in [2.45, 2.75) is 64.2 Å². The van der Waals surface area contributed by atoms with Crippen LogP contribution in [0, 0.1) is 17.2 Å². The number of nitriles is 1. The van der Waals surface area contributed by atoms with Crippen molar-refractivity contribution in [1.29, 1.82) is 5.26 Å². The minimum atomic E-state index is -1.25. The van der Waals surface area contributed by atoms with Gasteiger partial charge in [-0.3, -0.25) is 0 Å². The standard InChI is InChI=1S/C13H22N2O3/c1-13(2,3)15-12(17)18-11(10(16)8-14)7-9-5-4-6-9/h9-11,16H,4-7H2,1-3H3,(H,15,17). The molecule has 102 valence electrons. The number of ether oxygens (including phenoxy) is 1. The molecule has 0 radical (unpaired) electrons. The molecule has 1 rings (SSSR count). The van der Waals surface area contributed by atoms with Crippen LogP contribution in [0.2, 0.25) is 0 Å². The Hall–Kier alpha value is -1.28. The summed E-state index contributed by atoms with van der Waals surface area (Å²) >= 11 is 0. The summed E-state index contributed by atoms with van der Waals surface area (Å²) in [7, 11) is 0. The number of nitrogens with one attached hydrogen (secondary N) is 1. The second kappa shape index (κ2) is 6.05. The normalized spacial score (nSPS) is 19.3. The van der Waals surface area contributed by atoms with E-state index in [4.69, 9.17) is 10.00 Å². The zero-order chi connectivity index (χ0) is 13.8. The topological polar surface area (TPSA) is 82.3 Å². The summed E-state index contributed by atoms with van der Waals surface area (Å²) in [5, 5.41) is 21.0. The van der Waals surface area contributed by atoms with Crippen LogP contribution < -0.4 is 5.32 Å². The first kappa shape index (κ1) is 14.8. The lowest BCUT2D eigenvalue weighted by Gasteiger charge is -2.30. The van der Waals surface area contributed by atoms with Crippen molar-refractivity contribution in [3.05, 3.63) is 0 Å². The zero-order valence-corrected chi connectivity index (χ0v) is 11.3. The molecule has 0 aromatic carbocycles. The maximum Gasteiger partial charge on any atom is 0.407 e. The molecule has 1 saturated carbocycles. The Balaban J connectivity index is 2.49. The van der Waals surface area contributed by atoms with Crippen molar-refractivity contribution in [2.75, 3.05) is 0 Å². The Kier molecular flexibility index (Phi) is 4.97. The average Bonchev–Trinajstić information content (AvgIpc) is 2.17. The van der Waals surface area contributed by atoms with Crippen LogP contribution >= 0.6 is 0 Å². The van der Waals surface area contributed by atoms with Crippen LogP contribution in [0.5, 0.6) is 0 Å². The molecule has 0 heterocycles. The number of amides is 1. The van der Waals surface area contributed by atoms with E-state index in [0.29, 0.717) is 12.3 Å². The molecule has 0 aliphatic heterocycles. The summed E-state index contributed by atoms with van der Waals surface area (Å²) in [4.78, 5) is 11.6. The van der Waals surface area contributed by atoms with Gasteiger partial charge in [-0.2, -0.15) is 5.26 Å². The van der Waals surface area contributed by atoms with Gasteiger partial charge < -0.3 is 15.2 Å². The molecule has 2 atom stereocenters. The van der Waals surface area contributed by atoms with Crippen LogP contribution in [0.4, 0.5) is 4.79 Å². The van der Waals surface area contributed by atoms with Crippen LogP contribution in [0.25, 0.3) is 0 Å². The van der Waals surface area contributed by atoms with Crippen LogP contribution in [-0.2, 0) is 4.74 Å². The lowest BCUT2D eigenvalue weighted by atomic mass is 9.80. The molecule has 0 aromatic heterocycles. The van der Waals surface area contributed by atoms with Gasteiger partial charge in [0, 0.05) is 5.54 Å². The Labute approximate surface area is 108 Å². The predicted molar refractivity (Wildman–Crippen MR) is 66.7 cm³/mol. The quantitative estimate of drug-likeness (QED) is 0.751. The molecule has 18 heavy (non-hydrogen) atoms. The van der Waals surface area contributed by atoms with Gasteiger partial charge in [0.15, 0.2) is 6.10 Å². The van der Waals surface area contributed by atoms with E-state index in [2.05, 4.69) is 5.32 Å². The highest BCUT2D eigenvalue weighted by molar-refractivity contribution is 5.68. The number of alkyl carbamates (subject to hydrolysis) is 1. The van der Waals surface area contributed by atoms with Crippen molar-refractivity contribution in [3.8, 4) is 6.07 Å². The minimum absolute atomic E-state index is 0.393. The number of carbonyl (C=O) groups is 1. The van der Waals surface area contributed by atoms with Gasteiger partial charge in [0.1, 0.15) is 6.10 Å². The number of hydrogen-bond donors (Lipinski definition) is 2. The summed E-state index contributed by atoms with van der Waals surface area (Å²) in [5.74, 6) is 0.459. The smallest absolute Gasteiger partial charge is 0.407 e. The van der Waals surface area contributed by atoms with Crippen LogP contribution in [0.15, 0.2) is 0 Å².